The Morgan fingerprint density at radius 3 is 2.50 bits per heavy atom. The minimum absolute atomic E-state index is 0.0237. The average molecular weight is 432 g/mol. The lowest BCUT2D eigenvalue weighted by Crippen LogP contribution is -2.42. The first kappa shape index (κ1) is 21.0. The summed E-state index contributed by atoms with van der Waals surface area (Å²) in [5.41, 5.74) is 8.48. The number of fused-ring (bicyclic) bond motifs is 1. The molecular weight excluding hydrogens is 411 g/mol. The summed E-state index contributed by atoms with van der Waals surface area (Å²) in [5, 5.41) is 0. The second kappa shape index (κ2) is 9.30. The van der Waals surface area contributed by atoms with Crippen LogP contribution in [0.25, 0.3) is 5.65 Å². The molecule has 2 heterocycles. The second-order valence-corrected chi connectivity index (χ2v) is 7.27. The van der Waals surface area contributed by atoms with Crippen molar-refractivity contribution in [3.63, 3.8) is 0 Å². The number of carbonyl (C=O) groups is 2. The van der Waals surface area contributed by atoms with E-state index in [2.05, 4.69) is 15.8 Å². The number of amides is 2. The molecule has 2 amide bonds. The highest BCUT2D eigenvalue weighted by Crippen LogP contribution is 2.15. The highest BCUT2D eigenvalue weighted by atomic mass is 19.1. The molecule has 2 N–H and O–H groups in total. The van der Waals surface area contributed by atoms with Crippen LogP contribution in [-0.2, 0) is 17.8 Å². The van der Waals surface area contributed by atoms with Gasteiger partial charge in [-0.2, -0.15) is 0 Å². The minimum Gasteiger partial charge on any atom is -0.487 e. The molecule has 0 radical (unpaired) electrons. The van der Waals surface area contributed by atoms with E-state index in [9.17, 15) is 14.0 Å². The Bertz CT molecular complexity index is 1250. The van der Waals surface area contributed by atoms with Crippen LogP contribution in [0.5, 0.6) is 5.75 Å². The molecule has 0 saturated heterocycles. The number of aryl methyl sites for hydroxylation is 1. The molecule has 0 spiro atoms. The van der Waals surface area contributed by atoms with Gasteiger partial charge in [0.15, 0.2) is 0 Å². The summed E-state index contributed by atoms with van der Waals surface area (Å²) in [4.78, 5) is 28.7. The first-order valence-corrected chi connectivity index (χ1v) is 9.97. The number of hydrogen-bond acceptors (Lipinski definition) is 4. The Labute approximate surface area is 183 Å². The van der Waals surface area contributed by atoms with Crippen LogP contribution in [-0.4, -0.2) is 21.2 Å². The average Bonchev–Trinajstić information content (AvgIpc) is 3.23. The number of rotatable bonds is 6. The van der Waals surface area contributed by atoms with Gasteiger partial charge in [0.1, 0.15) is 23.8 Å². The lowest BCUT2D eigenvalue weighted by molar-refractivity contribution is -0.121. The van der Waals surface area contributed by atoms with Crippen LogP contribution in [0, 0.1) is 12.7 Å². The molecule has 0 saturated carbocycles. The van der Waals surface area contributed by atoms with Gasteiger partial charge in [-0.05, 0) is 60.5 Å². The molecule has 0 unspecified atom stereocenters. The molecule has 4 rings (SSSR count). The SMILES string of the molecule is Cc1cccn2cc(COc3ccc(C(=O)NNC(=O)Cc4ccc(F)cc4)cc3)nc12. The molecule has 7 nitrogen and oxygen atoms in total. The smallest absolute Gasteiger partial charge is 0.269 e. The summed E-state index contributed by atoms with van der Waals surface area (Å²) in [6, 6.07) is 16.1. The molecule has 8 heteroatoms. The Morgan fingerprint density at radius 2 is 1.78 bits per heavy atom. The third kappa shape index (κ3) is 5.10. The molecular formula is C24H21FN4O3. The van der Waals surface area contributed by atoms with Crippen molar-refractivity contribution in [3.05, 3.63) is 101 Å². The van der Waals surface area contributed by atoms with Gasteiger partial charge in [-0.25, -0.2) is 9.37 Å². The maximum absolute atomic E-state index is 12.9. The lowest BCUT2D eigenvalue weighted by Gasteiger charge is -2.09. The molecule has 4 aromatic rings. The number of benzene rings is 2. The monoisotopic (exact) mass is 432 g/mol. The van der Waals surface area contributed by atoms with E-state index in [0.717, 1.165) is 16.9 Å². The standard InChI is InChI=1S/C24H21FN4O3/c1-16-3-2-12-29-14-20(26-23(16)29)15-32-21-10-6-18(7-11-21)24(31)28-27-22(30)13-17-4-8-19(25)9-5-17/h2-12,14H,13,15H2,1H3,(H,27,30)(H,28,31). The third-order valence-corrected chi connectivity index (χ3v) is 4.82. The fraction of sp³-hybridized carbons (Fsp3) is 0.125. The van der Waals surface area contributed by atoms with Crippen molar-refractivity contribution >= 4 is 17.5 Å². The van der Waals surface area contributed by atoms with Gasteiger partial charge in [-0.1, -0.05) is 18.2 Å². The third-order valence-electron chi connectivity index (χ3n) is 4.82. The summed E-state index contributed by atoms with van der Waals surface area (Å²) < 4.78 is 20.6. The number of carbonyl (C=O) groups excluding carboxylic acids is 2. The molecule has 0 atom stereocenters. The fourth-order valence-electron chi connectivity index (χ4n) is 3.16. The first-order chi connectivity index (χ1) is 15.5. The van der Waals surface area contributed by atoms with E-state index in [4.69, 9.17) is 4.74 Å². The van der Waals surface area contributed by atoms with Gasteiger partial charge in [0.25, 0.3) is 5.91 Å². The Balaban J connectivity index is 1.27. The molecule has 0 bridgehead atoms. The Morgan fingerprint density at radius 1 is 1.03 bits per heavy atom. The van der Waals surface area contributed by atoms with Gasteiger partial charge >= 0.3 is 0 Å². The molecule has 32 heavy (non-hydrogen) atoms. The Hall–Kier alpha value is -4.20. The van der Waals surface area contributed by atoms with Crippen LogP contribution in [0.2, 0.25) is 0 Å². The van der Waals surface area contributed by atoms with Gasteiger partial charge in [0.05, 0.1) is 12.1 Å². The Kier molecular flexibility index (Phi) is 6.12. The number of ether oxygens (including phenoxy) is 1. The largest absolute Gasteiger partial charge is 0.487 e. The number of halogens is 1. The molecule has 0 aliphatic heterocycles. The summed E-state index contributed by atoms with van der Waals surface area (Å²) >= 11 is 0. The van der Waals surface area contributed by atoms with Crippen molar-refractivity contribution in [3.8, 4) is 5.75 Å². The molecule has 2 aromatic heterocycles. The topological polar surface area (TPSA) is 84.7 Å². The molecule has 2 aromatic carbocycles. The van der Waals surface area contributed by atoms with Crippen LogP contribution in [0.1, 0.15) is 27.2 Å². The van der Waals surface area contributed by atoms with E-state index in [0.29, 0.717) is 23.5 Å². The maximum Gasteiger partial charge on any atom is 0.269 e. The van der Waals surface area contributed by atoms with Gasteiger partial charge in [-0.15, -0.1) is 0 Å². The maximum atomic E-state index is 12.9. The van der Waals surface area contributed by atoms with Gasteiger partial charge in [0.2, 0.25) is 5.91 Å². The highest BCUT2D eigenvalue weighted by Gasteiger charge is 2.09. The zero-order chi connectivity index (χ0) is 22.5. The van der Waals surface area contributed by atoms with E-state index in [1.54, 1.807) is 24.3 Å². The number of hydrazine groups is 1. The minimum atomic E-state index is -0.458. The summed E-state index contributed by atoms with van der Waals surface area (Å²) in [6.45, 7) is 2.30. The quantitative estimate of drug-likeness (QED) is 0.458. The normalized spacial score (nSPS) is 10.7. The summed E-state index contributed by atoms with van der Waals surface area (Å²) in [5.74, 6) is -0.647. The number of aromatic nitrogens is 2. The fourth-order valence-corrected chi connectivity index (χ4v) is 3.16. The highest BCUT2D eigenvalue weighted by molar-refractivity contribution is 5.95. The van der Waals surface area contributed by atoms with Crippen LogP contribution in [0.3, 0.4) is 0 Å². The van der Waals surface area contributed by atoms with Crippen LogP contribution < -0.4 is 15.6 Å². The van der Waals surface area contributed by atoms with Crippen LogP contribution in [0.15, 0.2) is 73.1 Å². The lowest BCUT2D eigenvalue weighted by atomic mass is 10.1. The van der Waals surface area contributed by atoms with E-state index in [1.165, 1.54) is 24.3 Å². The zero-order valence-electron chi connectivity index (χ0n) is 17.3. The zero-order valence-corrected chi connectivity index (χ0v) is 17.3. The van der Waals surface area contributed by atoms with Gasteiger partial charge in [0, 0.05) is 18.0 Å². The van der Waals surface area contributed by atoms with Crippen molar-refractivity contribution in [2.45, 2.75) is 20.0 Å². The van der Waals surface area contributed by atoms with Crippen LogP contribution >= 0.6 is 0 Å². The van der Waals surface area contributed by atoms with E-state index in [-0.39, 0.29) is 12.2 Å². The number of nitrogens with zero attached hydrogens (tertiary/aromatic N) is 2. The van der Waals surface area contributed by atoms with Crippen molar-refractivity contribution in [1.29, 1.82) is 0 Å². The van der Waals surface area contributed by atoms with Crippen molar-refractivity contribution in [2.24, 2.45) is 0 Å². The van der Waals surface area contributed by atoms with Crippen molar-refractivity contribution in [2.75, 3.05) is 0 Å². The van der Waals surface area contributed by atoms with E-state index >= 15 is 0 Å². The number of pyridine rings is 1. The number of hydrogen-bond donors (Lipinski definition) is 2. The summed E-state index contributed by atoms with van der Waals surface area (Å²) in [7, 11) is 0. The second-order valence-electron chi connectivity index (χ2n) is 7.27. The molecule has 0 fully saturated rings. The number of nitrogens with one attached hydrogen (secondary N) is 2. The van der Waals surface area contributed by atoms with Crippen molar-refractivity contribution < 1.29 is 18.7 Å². The molecule has 0 aliphatic rings. The number of imidazole rings is 1. The predicted molar refractivity (Wildman–Crippen MR) is 116 cm³/mol. The van der Waals surface area contributed by atoms with E-state index < -0.39 is 11.8 Å². The van der Waals surface area contributed by atoms with E-state index in [1.807, 2.05) is 35.9 Å². The predicted octanol–water partition coefficient (Wildman–Crippen LogP) is 3.36. The first-order valence-electron chi connectivity index (χ1n) is 9.97. The van der Waals surface area contributed by atoms with Crippen molar-refractivity contribution in [1.82, 2.24) is 20.2 Å². The van der Waals surface area contributed by atoms with Gasteiger partial charge in [-0.3, -0.25) is 20.4 Å². The van der Waals surface area contributed by atoms with Gasteiger partial charge < -0.3 is 9.14 Å². The summed E-state index contributed by atoms with van der Waals surface area (Å²) in [6.07, 6.45) is 3.87. The molecule has 0 aliphatic carbocycles. The molecule has 162 valence electrons. The van der Waals surface area contributed by atoms with Crippen LogP contribution in [0.4, 0.5) is 4.39 Å².